The van der Waals surface area contributed by atoms with Crippen molar-refractivity contribution < 1.29 is 17.9 Å². The summed E-state index contributed by atoms with van der Waals surface area (Å²) >= 11 is 6.17. The van der Waals surface area contributed by atoms with Gasteiger partial charge in [0.15, 0.2) is 0 Å². The van der Waals surface area contributed by atoms with Crippen LogP contribution in [0.4, 0.5) is 0 Å². The summed E-state index contributed by atoms with van der Waals surface area (Å²) in [4.78, 5) is 12.7. The Balaban J connectivity index is 1.74. The van der Waals surface area contributed by atoms with Gasteiger partial charge in [0.25, 0.3) is 5.91 Å². The van der Waals surface area contributed by atoms with Crippen LogP contribution in [0.1, 0.15) is 28.8 Å². The Morgan fingerprint density at radius 1 is 1.18 bits per heavy atom. The molecule has 0 spiro atoms. The average Bonchev–Trinajstić information content (AvgIpc) is 2.73. The van der Waals surface area contributed by atoms with Crippen molar-refractivity contribution in [2.24, 2.45) is 0 Å². The molecule has 1 N–H and O–H groups in total. The summed E-state index contributed by atoms with van der Waals surface area (Å²) in [6, 6.07) is 14.1. The molecule has 28 heavy (non-hydrogen) atoms. The van der Waals surface area contributed by atoms with E-state index in [0.717, 1.165) is 5.56 Å². The van der Waals surface area contributed by atoms with Gasteiger partial charge in [0.2, 0.25) is 10.0 Å². The van der Waals surface area contributed by atoms with Crippen LogP contribution in [0.15, 0.2) is 53.4 Å². The van der Waals surface area contributed by atoms with Crippen LogP contribution in [0, 0.1) is 0 Å². The molecule has 8 heteroatoms. The van der Waals surface area contributed by atoms with Crippen molar-refractivity contribution in [3.05, 3.63) is 64.7 Å². The quantitative estimate of drug-likeness (QED) is 0.776. The Bertz CT molecular complexity index is 928. The van der Waals surface area contributed by atoms with Gasteiger partial charge in [0, 0.05) is 19.6 Å². The van der Waals surface area contributed by atoms with Gasteiger partial charge >= 0.3 is 0 Å². The first-order chi connectivity index (χ1) is 13.4. The highest BCUT2D eigenvalue weighted by Crippen LogP contribution is 2.24. The number of carbonyl (C=O) groups excluding carboxylic acids is 1. The van der Waals surface area contributed by atoms with Crippen molar-refractivity contribution in [3.63, 3.8) is 0 Å². The molecule has 2 aromatic rings. The Morgan fingerprint density at radius 3 is 2.54 bits per heavy atom. The van der Waals surface area contributed by atoms with Gasteiger partial charge in [-0.2, -0.15) is 4.31 Å². The highest BCUT2D eigenvalue weighted by molar-refractivity contribution is 7.89. The van der Waals surface area contributed by atoms with Gasteiger partial charge < -0.3 is 10.1 Å². The molecule has 1 fully saturated rings. The fraction of sp³-hybridized carbons (Fsp3) is 0.350. The number of nitrogens with one attached hydrogen (secondary N) is 1. The third-order valence-electron chi connectivity index (χ3n) is 4.73. The lowest BCUT2D eigenvalue weighted by molar-refractivity contribution is 0.0730. The molecule has 6 nitrogen and oxygen atoms in total. The van der Waals surface area contributed by atoms with Crippen molar-refractivity contribution in [1.82, 2.24) is 9.62 Å². The van der Waals surface area contributed by atoms with Crippen molar-refractivity contribution in [2.75, 3.05) is 32.8 Å². The molecule has 1 unspecified atom stereocenters. The Hall–Kier alpha value is -1.93. The van der Waals surface area contributed by atoms with E-state index in [1.165, 1.54) is 22.5 Å². The number of sulfonamides is 1. The fourth-order valence-electron chi connectivity index (χ4n) is 3.02. The van der Waals surface area contributed by atoms with Crippen molar-refractivity contribution in [2.45, 2.75) is 17.7 Å². The summed E-state index contributed by atoms with van der Waals surface area (Å²) in [6.07, 6.45) is 0. The number of benzene rings is 2. The number of amides is 1. The molecule has 1 aliphatic rings. The Kier molecular flexibility index (Phi) is 6.72. The Morgan fingerprint density at radius 2 is 1.86 bits per heavy atom. The average molecular weight is 423 g/mol. The van der Waals surface area contributed by atoms with Gasteiger partial charge in [-0.15, -0.1) is 0 Å². The minimum Gasteiger partial charge on any atom is -0.379 e. The summed E-state index contributed by atoms with van der Waals surface area (Å²) in [5.41, 5.74) is 1.26. The summed E-state index contributed by atoms with van der Waals surface area (Å²) < 4.78 is 32.2. The number of halogens is 1. The van der Waals surface area contributed by atoms with Crippen LogP contribution in [-0.4, -0.2) is 51.5 Å². The SMILES string of the molecule is CC(CNC(=O)c1cc(S(=O)(=O)N2CCOCC2)ccc1Cl)c1ccccc1. The smallest absolute Gasteiger partial charge is 0.252 e. The number of carbonyl (C=O) groups is 1. The highest BCUT2D eigenvalue weighted by Gasteiger charge is 2.27. The summed E-state index contributed by atoms with van der Waals surface area (Å²) in [6.45, 7) is 3.73. The van der Waals surface area contributed by atoms with Crippen LogP contribution in [0.2, 0.25) is 5.02 Å². The molecular formula is C20H23ClN2O4S. The molecule has 1 atom stereocenters. The molecule has 1 heterocycles. The van der Waals surface area contributed by atoms with Crippen molar-refractivity contribution >= 4 is 27.5 Å². The number of hydrogen-bond acceptors (Lipinski definition) is 4. The van der Waals surface area contributed by atoms with Gasteiger partial charge in [-0.3, -0.25) is 4.79 Å². The third-order valence-corrected chi connectivity index (χ3v) is 6.95. The molecular weight excluding hydrogens is 400 g/mol. The third kappa shape index (κ3) is 4.72. The summed E-state index contributed by atoms with van der Waals surface area (Å²) in [5.74, 6) is -0.281. The summed E-state index contributed by atoms with van der Waals surface area (Å²) in [5, 5.41) is 3.06. The van der Waals surface area contributed by atoms with Crippen LogP contribution in [0.3, 0.4) is 0 Å². The molecule has 0 aromatic heterocycles. The standard InChI is InChI=1S/C20H23ClN2O4S/c1-15(16-5-3-2-4-6-16)14-22-20(24)18-13-17(7-8-19(18)21)28(25,26)23-9-11-27-12-10-23/h2-8,13,15H,9-12,14H2,1H3,(H,22,24). The Labute approximate surface area is 170 Å². The van der Waals surface area contributed by atoms with E-state index in [1.807, 2.05) is 37.3 Å². The molecule has 1 amide bonds. The predicted molar refractivity (Wildman–Crippen MR) is 108 cm³/mol. The second-order valence-electron chi connectivity index (χ2n) is 6.68. The normalized spacial score (nSPS) is 16.5. The molecule has 0 aliphatic carbocycles. The van der Waals surface area contributed by atoms with E-state index >= 15 is 0 Å². The summed E-state index contributed by atoms with van der Waals surface area (Å²) in [7, 11) is -3.69. The number of hydrogen-bond donors (Lipinski definition) is 1. The monoisotopic (exact) mass is 422 g/mol. The van der Waals surface area contributed by atoms with Crippen LogP contribution >= 0.6 is 11.6 Å². The maximum atomic E-state index is 12.8. The molecule has 2 aromatic carbocycles. The maximum absolute atomic E-state index is 12.8. The predicted octanol–water partition coefficient (Wildman–Crippen LogP) is 2.89. The molecule has 1 aliphatic heterocycles. The second-order valence-corrected chi connectivity index (χ2v) is 9.03. The molecule has 150 valence electrons. The van der Waals surface area contributed by atoms with Gasteiger partial charge in [0.05, 0.1) is 28.7 Å². The first-order valence-corrected chi connectivity index (χ1v) is 10.9. The van der Waals surface area contributed by atoms with Crippen LogP contribution < -0.4 is 5.32 Å². The minimum absolute atomic E-state index is 0.0556. The van der Waals surface area contributed by atoms with E-state index in [-0.39, 0.29) is 21.4 Å². The molecule has 1 saturated heterocycles. The minimum atomic E-state index is -3.69. The van der Waals surface area contributed by atoms with Gasteiger partial charge in [0.1, 0.15) is 0 Å². The molecule has 0 bridgehead atoms. The zero-order valence-corrected chi connectivity index (χ0v) is 17.2. The molecule has 3 rings (SSSR count). The topological polar surface area (TPSA) is 75.7 Å². The molecule has 0 radical (unpaired) electrons. The molecule has 0 saturated carbocycles. The van der Waals surface area contributed by atoms with Crippen molar-refractivity contribution in [1.29, 1.82) is 0 Å². The lowest BCUT2D eigenvalue weighted by atomic mass is 10.0. The second kappa shape index (κ2) is 9.05. The number of rotatable bonds is 6. The first-order valence-electron chi connectivity index (χ1n) is 9.10. The number of ether oxygens (including phenoxy) is 1. The van der Waals surface area contributed by atoms with Gasteiger partial charge in [-0.1, -0.05) is 48.9 Å². The van der Waals surface area contributed by atoms with Crippen molar-refractivity contribution in [3.8, 4) is 0 Å². The lowest BCUT2D eigenvalue weighted by Crippen LogP contribution is -2.40. The van der Waals surface area contributed by atoms with E-state index in [2.05, 4.69) is 5.32 Å². The van der Waals surface area contributed by atoms with E-state index in [4.69, 9.17) is 16.3 Å². The maximum Gasteiger partial charge on any atom is 0.252 e. The number of morpholine rings is 1. The van der Waals surface area contributed by atoms with E-state index in [1.54, 1.807) is 0 Å². The van der Waals surface area contributed by atoms with Gasteiger partial charge in [-0.05, 0) is 29.7 Å². The van der Waals surface area contributed by atoms with Gasteiger partial charge in [-0.25, -0.2) is 8.42 Å². The number of nitrogens with zero attached hydrogens (tertiary/aromatic N) is 1. The fourth-order valence-corrected chi connectivity index (χ4v) is 4.65. The van der Waals surface area contributed by atoms with Crippen LogP contribution in [-0.2, 0) is 14.8 Å². The lowest BCUT2D eigenvalue weighted by Gasteiger charge is -2.26. The van der Waals surface area contributed by atoms with Crippen LogP contribution in [0.5, 0.6) is 0 Å². The zero-order chi connectivity index (χ0) is 20.1. The first kappa shape index (κ1) is 20.8. The van der Waals surface area contributed by atoms with Crippen LogP contribution in [0.25, 0.3) is 0 Å². The largest absolute Gasteiger partial charge is 0.379 e. The van der Waals surface area contributed by atoms with E-state index < -0.39 is 15.9 Å². The van der Waals surface area contributed by atoms with E-state index in [0.29, 0.717) is 32.8 Å². The zero-order valence-electron chi connectivity index (χ0n) is 15.6. The highest BCUT2D eigenvalue weighted by atomic mass is 35.5. The van der Waals surface area contributed by atoms with E-state index in [9.17, 15) is 13.2 Å².